The summed E-state index contributed by atoms with van der Waals surface area (Å²) in [6, 6.07) is 14.7. The number of hydrogen-bond acceptors (Lipinski definition) is 3. The van der Waals surface area contributed by atoms with Gasteiger partial charge in [-0.1, -0.05) is 59.6 Å². The highest BCUT2D eigenvalue weighted by molar-refractivity contribution is 7.57. The number of nitrogens with one attached hydrogen (secondary N) is 1. The summed E-state index contributed by atoms with van der Waals surface area (Å²) in [5.74, 6) is 0. The van der Waals surface area contributed by atoms with E-state index in [0.717, 1.165) is 24.0 Å². The molecular formula is C19H24Cl2NO3P. The molecule has 0 saturated carbocycles. The number of aliphatic hydroxyl groups excluding tert-OH is 1. The Hall–Kier alpha value is -0.870. The second kappa shape index (κ2) is 10.5. The van der Waals surface area contributed by atoms with E-state index < -0.39 is 13.5 Å². The SMILES string of the molecule is O=P(O)(Cc1ccccc1)CC(O)CNCCCc1ccc(Cl)c(Cl)c1. The lowest BCUT2D eigenvalue weighted by atomic mass is 10.1. The highest BCUT2D eigenvalue weighted by atomic mass is 35.5. The summed E-state index contributed by atoms with van der Waals surface area (Å²) in [6.07, 6.45) is 0.835. The summed E-state index contributed by atoms with van der Waals surface area (Å²) < 4.78 is 12.3. The Morgan fingerprint density at radius 1 is 1.04 bits per heavy atom. The fourth-order valence-corrected chi connectivity index (χ4v) is 4.73. The van der Waals surface area contributed by atoms with Crippen LogP contribution in [0, 0.1) is 0 Å². The van der Waals surface area contributed by atoms with Crippen LogP contribution in [0.2, 0.25) is 10.0 Å². The van der Waals surface area contributed by atoms with Crippen LogP contribution in [0.15, 0.2) is 48.5 Å². The van der Waals surface area contributed by atoms with Crippen molar-refractivity contribution in [3.63, 3.8) is 0 Å². The maximum Gasteiger partial charge on any atom is 0.207 e. The van der Waals surface area contributed by atoms with Gasteiger partial charge >= 0.3 is 0 Å². The molecule has 3 N–H and O–H groups in total. The first-order chi connectivity index (χ1) is 12.4. The molecule has 7 heteroatoms. The van der Waals surface area contributed by atoms with Gasteiger partial charge in [-0.3, -0.25) is 4.57 Å². The second-order valence-electron chi connectivity index (χ2n) is 6.38. The zero-order valence-corrected chi connectivity index (χ0v) is 16.9. The van der Waals surface area contributed by atoms with Crippen molar-refractivity contribution >= 4 is 30.6 Å². The van der Waals surface area contributed by atoms with Gasteiger partial charge in [-0.2, -0.15) is 0 Å². The summed E-state index contributed by atoms with van der Waals surface area (Å²) in [7, 11) is -3.40. The molecule has 0 bridgehead atoms. The van der Waals surface area contributed by atoms with Gasteiger partial charge in [0.15, 0.2) is 0 Å². The Bertz CT molecular complexity index is 743. The number of rotatable bonds is 10. The molecule has 2 aromatic rings. The minimum absolute atomic E-state index is 0.0855. The molecule has 2 unspecified atom stereocenters. The molecule has 0 amide bonds. The zero-order valence-electron chi connectivity index (χ0n) is 14.4. The van der Waals surface area contributed by atoms with Crippen molar-refractivity contribution in [3.05, 3.63) is 69.7 Å². The van der Waals surface area contributed by atoms with E-state index in [9.17, 15) is 14.6 Å². The highest BCUT2D eigenvalue weighted by Gasteiger charge is 2.23. The highest BCUT2D eigenvalue weighted by Crippen LogP contribution is 2.44. The van der Waals surface area contributed by atoms with Crippen molar-refractivity contribution < 1.29 is 14.6 Å². The first kappa shape index (κ1) is 21.4. The largest absolute Gasteiger partial charge is 0.391 e. The van der Waals surface area contributed by atoms with Crippen molar-refractivity contribution in [3.8, 4) is 0 Å². The molecule has 0 aliphatic rings. The fraction of sp³-hybridized carbons (Fsp3) is 0.368. The maximum atomic E-state index is 12.3. The van der Waals surface area contributed by atoms with Crippen molar-refractivity contribution in [2.24, 2.45) is 0 Å². The van der Waals surface area contributed by atoms with Crippen molar-refractivity contribution in [2.45, 2.75) is 25.1 Å². The molecule has 0 aromatic heterocycles. The number of aliphatic hydroxyl groups is 1. The number of halogens is 2. The fourth-order valence-electron chi connectivity index (χ4n) is 2.71. The molecule has 26 heavy (non-hydrogen) atoms. The van der Waals surface area contributed by atoms with E-state index >= 15 is 0 Å². The van der Waals surface area contributed by atoms with Crippen molar-refractivity contribution in [1.29, 1.82) is 0 Å². The molecule has 142 valence electrons. The van der Waals surface area contributed by atoms with Crippen LogP contribution < -0.4 is 5.32 Å². The summed E-state index contributed by atoms with van der Waals surface area (Å²) in [4.78, 5) is 10.1. The molecule has 0 aliphatic carbocycles. The Morgan fingerprint density at radius 2 is 1.77 bits per heavy atom. The van der Waals surface area contributed by atoms with E-state index in [4.69, 9.17) is 23.2 Å². The van der Waals surface area contributed by atoms with Gasteiger partial charge in [0.2, 0.25) is 7.37 Å². The minimum atomic E-state index is -3.40. The average Bonchev–Trinajstić information content (AvgIpc) is 2.57. The number of aryl methyl sites for hydroxylation is 1. The predicted octanol–water partition coefficient (Wildman–Crippen LogP) is 4.35. The second-order valence-corrected chi connectivity index (χ2v) is 9.57. The minimum Gasteiger partial charge on any atom is -0.391 e. The smallest absolute Gasteiger partial charge is 0.207 e. The van der Waals surface area contributed by atoms with E-state index in [0.29, 0.717) is 23.1 Å². The molecular weight excluding hydrogens is 392 g/mol. The van der Waals surface area contributed by atoms with Crippen LogP contribution >= 0.6 is 30.6 Å². The van der Waals surface area contributed by atoms with Crippen LogP contribution in [0.1, 0.15) is 17.5 Å². The average molecular weight is 416 g/mol. The van der Waals surface area contributed by atoms with Crippen LogP contribution in [0.3, 0.4) is 0 Å². The van der Waals surface area contributed by atoms with E-state index in [1.807, 2.05) is 42.5 Å². The van der Waals surface area contributed by atoms with E-state index in [2.05, 4.69) is 5.32 Å². The van der Waals surface area contributed by atoms with Gasteiger partial charge in [-0.05, 0) is 42.6 Å². The Kier molecular flexibility index (Phi) is 8.62. The normalized spacial score (nSPS) is 14.8. The molecule has 2 aromatic carbocycles. The standard InChI is InChI=1S/C19H24Cl2NO3P/c20-18-9-8-15(11-19(18)21)7-4-10-22-12-17(23)14-26(24,25)13-16-5-2-1-3-6-16/h1-3,5-6,8-9,11,17,22-23H,4,7,10,12-14H2,(H,24,25). The van der Waals surface area contributed by atoms with Gasteiger partial charge in [-0.25, -0.2) is 0 Å². The van der Waals surface area contributed by atoms with Gasteiger partial charge in [0, 0.05) is 12.7 Å². The van der Waals surface area contributed by atoms with Gasteiger partial charge in [0.25, 0.3) is 0 Å². The molecule has 0 fully saturated rings. The lowest BCUT2D eigenvalue weighted by Crippen LogP contribution is -2.30. The predicted molar refractivity (Wildman–Crippen MR) is 108 cm³/mol. The third-order valence-electron chi connectivity index (χ3n) is 3.95. The summed E-state index contributed by atoms with van der Waals surface area (Å²) >= 11 is 11.9. The van der Waals surface area contributed by atoms with Crippen LogP contribution in [-0.4, -0.2) is 35.4 Å². The lowest BCUT2D eigenvalue weighted by Gasteiger charge is -2.17. The van der Waals surface area contributed by atoms with Gasteiger partial charge < -0.3 is 15.3 Å². The molecule has 0 spiro atoms. The van der Waals surface area contributed by atoms with Gasteiger partial charge in [-0.15, -0.1) is 0 Å². The Morgan fingerprint density at radius 3 is 2.46 bits per heavy atom. The molecule has 0 radical (unpaired) electrons. The Labute approximate surface area is 164 Å². The van der Waals surface area contributed by atoms with Crippen LogP contribution in [0.4, 0.5) is 0 Å². The quantitative estimate of drug-likeness (QED) is 0.398. The van der Waals surface area contributed by atoms with Crippen LogP contribution in [-0.2, 0) is 17.1 Å². The van der Waals surface area contributed by atoms with E-state index in [-0.39, 0.29) is 12.3 Å². The van der Waals surface area contributed by atoms with E-state index in [1.165, 1.54) is 0 Å². The van der Waals surface area contributed by atoms with Crippen molar-refractivity contribution in [1.82, 2.24) is 5.32 Å². The zero-order chi connectivity index (χ0) is 19.0. The molecule has 0 saturated heterocycles. The summed E-state index contributed by atoms with van der Waals surface area (Å²) in [6.45, 7) is 0.992. The summed E-state index contributed by atoms with van der Waals surface area (Å²) in [5.41, 5.74) is 1.91. The Balaban J connectivity index is 1.65. The van der Waals surface area contributed by atoms with Crippen molar-refractivity contribution in [2.75, 3.05) is 19.3 Å². The maximum absolute atomic E-state index is 12.3. The summed E-state index contributed by atoms with van der Waals surface area (Å²) in [5, 5.41) is 14.2. The van der Waals surface area contributed by atoms with Crippen LogP contribution in [0.5, 0.6) is 0 Å². The topological polar surface area (TPSA) is 69.6 Å². The first-order valence-corrected chi connectivity index (χ1v) is 11.3. The monoisotopic (exact) mass is 415 g/mol. The third-order valence-corrected chi connectivity index (χ3v) is 6.54. The molecule has 2 rings (SSSR count). The molecule has 0 heterocycles. The van der Waals surface area contributed by atoms with Gasteiger partial charge in [0.05, 0.1) is 22.3 Å². The number of hydrogen-bond donors (Lipinski definition) is 3. The first-order valence-electron chi connectivity index (χ1n) is 8.53. The van der Waals surface area contributed by atoms with Crippen LogP contribution in [0.25, 0.3) is 0 Å². The van der Waals surface area contributed by atoms with Gasteiger partial charge in [0.1, 0.15) is 0 Å². The molecule has 2 atom stereocenters. The third kappa shape index (κ3) is 7.79. The lowest BCUT2D eigenvalue weighted by molar-refractivity contribution is 0.190. The van der Waals surface area contributed by atoms with E-state index in [1.54, 1.807) is 6.07 Å². The number of benzene rings is 2. The molecule has 4 nitrogen and oxygen atoms in total. The molecule has 0 aliphatic heterocycles.